The Balaban J connectivity index is 0.00000364. The van der Waals surface area contributed by atoms with E-state index in [9.17, 15) is 0 Å². The summed E-state index contributed by atoms with van der Waals surface area (Å²) >= 11 is 0. The molecule has 2 heterocycles. The van der Waals surface area contributed by atoms with Crippen molar-refractivity contribution in [1.29, 1.82) is 0 Å². The average Bonchev–Trinajstić information content (AvgIpc) is 3.14. The highest BCUT2D eigenvalue weighted by molar-refractivity contribution is 4.75. The third-order valence-electron chi connectivity index (χ3n) is 8.28. The van der Waals surface area contributed by atoms with Crippen LogP contribution in [0.3, 0.4) is 0 Å². The van der Waals surface area contributed by atoms with E-state index in [0.717, 1.165) is 23.7 Å². The molecule has 0 aromatic heterocycles. The molecule has 2 aliphatic heterocycles. The van der Waals surface area contributed by atoms with Gasteiger partial charge in [0.05, 0.1) is 53.4 Å². The maximum atomic E-state index is 2.53. The van der Waals surface area contributed by atoms with E-state index in [0.29, 0.717) is 0 Å². The number of hydrogen-bond donors (Lipinski definition) is 0. The second-order valence-corrected chi connectivity index (χ2v) is 10.5. The van der Waals surface area contributed by atoms with E-state index in [2.05, 4.69) is 41.8 Å². The summed E-state index contributed by atoms with van der Waals surface area (Å²) in [5.41, 5.74) is 0. The van der Waals surface area contributed by atoms with Crippen LogP contribution < -0.4 is 48.0 Å². The van der Waals surface area contributed by atoms with Gasteiger partial charge in [0.1, 0.15) is 0 Å². The maximum absolute atomic E-state index is 2.53. The molecule has 2 rings (SSSR count). The van der Waals surface area contributed by atoms with Gasteiger partial charge in [0.15, 0.2) is 0 Å². The van der Waals surface area contributed by atoms with Crippen LogP contribution in [0.2, 0.25) is 0 Å². The first-order valence-electron chi connectivity index (χ1n) is 12.1. The molecule has 0 aromatic carbocycles. The molecule has 0 N–H and O–H groups in total. The standard InChI is InChI=1S/C24H50N2.2HI/c1-7-21-17-25(5,18-22(21)8-2)15-13-11-12-14-16-26(6)19-23(9-3)24(10-4)20-26;;/h21-24H,7-20H2,1-6H3;2*1H/q+2;;/p-2. The Bertz CT molecular complexity index is 353. The van der Waals surface area contributed by atoms with E-state index in [1.54, 1.807) is 0 Å². The molecule has 2 fully saturated rings. The molecule has 0 spiro atoms. The number of halogens is 2. The van der Waals surface area contributed by atoms with Crippen molar-refractivity contribution in [2.24, 2.45) is 23.7 Å². The molecule has 0 bridgehead atoms. The van der Waals surface area contributed by atoms with Crippen molar-refractivity contribution in [1.82, 2.24) is 0 Å². The number of hydrogen-bond acceptors (Lipinski definition) is 0. The first-order chi connectivity index (χ1) is 12.4. The lowest BCUT2D eigenvalue weighted by Crippen LogP contribution is -3.00. The monoisotopic (exact) mass is 620 g/mol. The van der Waals surface area contributed by atoms with Crippen molar-refractivity contribution in [3.8, 4) is 0 Å². The van der Waals surface area contributed by atoms with Crippen LogP contribution in [0.5, 0.6) is 0 Å². The second-order valence-electron chi connectivity index (χ2n) is 10.5. The Kier molecular flexibility index (Phi) is 14.4. The van der Waals surface area contributed by atoms with Crippen molar-refractivity contribution < 1.29 is 56.9 Å². The SMILES string of the molecule is CCC1C[N+](C)(CCCCCC[N+]2(C)CC(CC)C(CC)C2)CC1CC.[I-].[I-]. The van der Waals surface area contributed by atoms with Gasteiger partial charge in [-0.25, -0.2) is 0 Å². The zero-order chi connectivity index (χ0) is 19.2. The Labute approximate surface area is 211 Å². The van der Waals surface area contributed by atoms with Gasteiger partial charge >= 0.3 is 0 Å². The van der Waals surface area contributed by atoms with Crippen LogP contribution in [-0.4, -0.2) is 62.3 Å². The van der Waals surface area contributed by atoms with Gasteiger partial charge in [0.25, 0.3) is 0 Å². The number of nitrogens with zero attached hydrogens (tertiary/aromatic N) is 2. The zero-order valence-corrected chi connectivity index (χ0v) is 24.2. The lowest BCUT2D eigenvalue weighted by atomic mass is 9.92. The zero-order valence-electron chi connectivity index (χ0n) is 19.9. The van der Waals surface area contributed by atoms with Crippen molar-refractivity contribution >= 4 is 0 Å². The first-order valence-corrected chi connectivity index (χ1v) is 12.1. The molecule has 28 heavy (non-hydrogen) atoms. The Morgan fingerprint density at radius 3 is 0.964 bits per heavy atom. The fourth-order valence-corrected chi connectivity index (χ4v) is 6.57. The Morgan fingerprint density at radius 1 is 0.500 bits per heavy atom. The van der Waals surface area contributed by atoms with Crippen LogP contribution in [0.4, 0.5) is 0 Å². The van der Waals surface area contributed by atoms with Crippen molar-refractivity contribution in [2.75, 3.05) is 53.4 Å². The molecule has 0 saturated carbocycles. The summed E-state index contributed by atoms with van der Waals surface area (Å²) < 4.78 is 2.72. The molecule has 4 unspecified atom stereocenters. The van der Waals surface area contributed by atoms with Gasteiger partial charge in [0.2, 0.25) is 0 Å². The van der Waals surface area contributed by atoms with Crippen LogP contribution in [0.25, 0.3) is 0 Å². The fourth-order valence-electron chi connectivity index (χ4n) is 6.57. The van der Waals surface area contributed by atoms with E-state index < -0.39 is 0 Å². The van der Waals surface area contributed by atoms with Crippen LogP contribution >= 0.6 is 0 Å². The third-order valence-corrected chi connectivity index (χ3v) is 8.28. The number of quaternary nitrogens is 2. The minimum Gasteiger partial charge on any atom is -1.00 e. The lowest BCUT2D eigenvalue weighted by molar-refractivity contribution is -0.901. The van der Waals surface area contributed by atoms with E-state index in [4.69, 9.17) is 0 Å². The molecule has 4 atom stereocenters. The molecular formula is C24H50I2N2. The van der Waals surface area contributed by atoms with Gasteiger partial charge in [-0.2, -0.15) is 0 Å². The van der Waals surface area contributed by atoms with Gasteiger partial charge in [-0.1, -0.05) is 27.7 Å². The average molecular weight is 620 g/mol. The summed E-state index contributed by atoms with van der Waals surface area (Å²) in [6.07, 6.45) is 11.4. The van der Waals surface area contributed by atoms with Gasteiger partial charge in [0, 0.05) is 23.7 Å². The van der Waals surface area contributed by atoms with Crippen molar-refractivity contribution in [2.45, 2.75) is 79.1 Å². The smallest absolute Gasteiger partial charge is 0.0818 e. The van der Waals surface area contributed by atoms with Gasteiger partial charge in [-0.05, 0) is 51.4 Å². The molecule has 0 radical (unpaired) electrons. The maximum Gasteiger partial charge on any atom is 0.0818 e. The molecule has 0 aliphatic carbocycles. The van der Waals surface area contributed by atoms with E-state index in [1.807, 2.05) is 0 Å². The highest BCUT2D eigenvalue weighted by Gasteiger charge is 2.41. The number of likely N-dealkylation sites (tertiary alicyclic amines) is 2. The second kappa shape index (κ2) is 13.7. The largest absolute Gasteiger partial charge is 1.00 e. The van der Waals surface area contributed by atoms with Crippen LogP contribution in [0.15, 0.2) is 0 Å². The molecular weight excluding hydrogens is 570 g/mol. The predicted octanol–water partition coefficient (Wildman–Crippen LogP) is -0.420. The number of unbranched alkanes of at least 4 members (excludes halogenated alkanes) is 3. The fraction of sp³-hybridized carbons (Fsp3) is 1.00. The van der Waals surface area contributed by atoms with Crippen molar-refractivity contribution in [3.05, 3.63) is 0 Å². The van der Waals surface area contributed by atoms with E-state index >= 15 is 0 Å². The normalized spacial score (nSPS) is 37.5. The Morgan fingerprint density at radius 2 is 0.750 bits per heavy atom. The van der Waals surface area contributed by atoms with Crippen LogP contribution in [0.1, 0.15) is 79.1 Å². The van der Waals surface area contributed by atoms with E-state index in [1.165, 1.54) is 99.6 Å². The minimum absolute atomic E-state index is 0. The summed E-state index contributed by atoms with van der Waals surface area (Å²) in [6.45, 7) is 18.2. The molecule has 4 heteroatoms. The molecule has 0 aromatic rings. The molecule has 0 amide bonds. The first kappa shape index (κ1) is 29.4. The van der Waals surface area contributed by atoms with E-state index in [-0.39, 0.29) is 48.0 Å². The van der Waals surface area contributed by atoms with Crippen LogP contribution in [0, 0.1) is 23.7 Å². The Hall–Kier alpha value is 1.38. The van der Waals surface area contributed by atoms with Gasteiger partial charge in [-0.15, -0.1) is 0 Å². The molecule has 170 valence electrons. The lowest BCUT2D eigenvalue weighted by Gasteiger charge is -2.31. The van der Waals surface area contributed by atoms with Crippen LogP contribution in [-0.2, 0) is 0 Å². The molecule has 2 aliphatic rings. The summed E-state index contributed by atoms with van der Waals surface area (Å²) in [4.78, 5) is 0. The summed E-state index contributed by atoms with van der Waals surface area (Å²) in [5.74, 6) is 3.95. The van der Waals surface area contributed by atoms with Gasteiger partial charge in [-0.3, -0.25) is 0 Å². The molecule has 2 nitrogen and oxygen atoms in total. The summed E-state index contributed by atoms with van der Waals surface area (Å²) in [6, 6.07) is 0. The predicted molar refractivity (Wildman–Crippen MR) is 115 cm³/mol. The quantitative estimate of drug-likeness (QED) is 0.168. The van der Waals surface area contributed by atoms with Crippen molar-refractivity contribution in [3.63, 3.8) is 0 Å². The highest BCUT2D eigenvalue weighted by Crippen LogP contribution is 2.34. The highest BCUT2D eigenvalue weighted by atomic mass is 127. The van der Waals surface area contributed by atoms with Gasteiger partial charge < -0.3 is 56.9 Å². The summed E-state index contributed by atoms with van der Waals surface area (Å²) in [5, 5.41) is 0. The molecule has 2 saturated heterocycles. The number of rotatable bonds is 11. The summed E-state index contributed by atoms with van der Waals surface area (Å²) in [7, 11) is 5.06. The third kappa shape index (κ3) is 8.14. The topological polar surface area (TPSA) is 0 Å². The minimum atomic E-state index is 0.